The summed E-state index contributed by atoms with van der Waals surface area (Å²) in [5, 5.41) is 10.5. The summed E-state index contributed by atoms with van der Waals surface area (Å²) in [6.45, 7) is 15.6. The van der Waals surface area contributed by atoms with E-state index < -0.39 is 11.6 Å². The summed E-state index contributed by atoms with van der Waals surface area (Å²) in [7, 11) is 0. The molecule has 200 valence electrons. The minimum Gasteiger partial charge on any atom is -0.505 e. The number of aliphatic imine (C=N–C) groups is 1. The van der Waals surface area contributed by atoms with E-state index in [1.807, 2.05) is 39.0 Å². The zero-order valence-electron chi connectivity index (χ0n) is 22.3. The molecule has 1 aromatic carbocycles. The second-order valence-electron chi connectivity index (χ2n) is 8.92. The Labute approximate surface area is 225 Å². The van der Waals surface area contributed by atoms with Crippen LogP contribution in [-0.2, 0) is 0 Å². The number of benzene rings is 1. The number of hydrogen-bond acceptors (Lipinski definition) is 7. The van der Waals surface area contributed by atoms with Gasteiger partial charge in [-0.3, -0.25) is 0 Å². The van der Waals surface area contributed by atoms with Crippen molar-refractivity contribution in [1.29, 1.82) is 0 Å². The molecular weight excluding hydrogens is 491 g/mol. The van der Waals surface area contributed by atoms with E-state index in [-0.39, 0.29) is 0 Å². The third-order valence-electron chi connectivity index (χ3n) is 6.58. The third-order valence-corrected chi connectivity index (χ3v) is 6.88. The first kappa shape index (κ1) is 28.4. The SMILES string of the molecule is C=N/C(=C(Cl)\C=C/C)N1CCN(c2cc(-c3ccc(F)c(O)c3)nc(N3CCCCC3C)n2)CC1.CC. The van der Waals surface area contributed by atoms with Crippen LogP contribution < -0.4 is 9.80 Å². The molecule has 9 heteroatoms. The smallest absolute Gasteiger partial charge is 0.228 e. The Hall–Kier alpha value is -3.13. The molecule has 0 bridgehead atoms. The van der Waals surface area contributed by atoms with Crippen LogP contribution in [0.5, 0.6) is 5.75 Å². The molecule has 2 saturated heterocycles. The Morgan fingerprint density at radius 3 is 2.49 bits per heavy atom. The first-order valence-corrected chi connectivity index (χ1v) is 13.4. The molecule has 7 nitrogen and oxygen atoms in total. The van der Waals surface area contributed by atoms with Gasteiger partial charge < -0.3 is 19.8 Å². The Morgan fingerprint density at radius 2 is 1.86 bits per heavy atom. The zero-order valence-corrected chi connectivity index (χ0v) is 23.0. The fourth-order valence-corrected chi connectivity index (χ4v) is 4.93. The van der Waals surface area contributed by atoms with E-state index in [1.165, 1.54) is 18.6 Å². The van der Waals surface area contributed by atoms with Gasteiger partial charge in [-0.1, -0.05) is 31.5 Å². The summed E-state index contributed by atoms with van der Waals surface area (Å²) >= 11 is 6.40. The largest absolute Gasteiger partial charge is 0.505 e. The van der Waals surface area contributed by atoms with E-state index in [4.69, 9.17) is 21.6 Å². The van der Waals surface area contributed by atoms with E-state index in [0.717, 1.165) is 38.3 Å². The number of anilines is 2. The third kappa shape index (κ3) is 6.80. The zero-order chi connectivity index (χ0) is 26.9. The summed E-state index contributed by atoms with van der Waals surface area (Å²) in [5.41, 5.74) is 1.31. The summed E-state index contributed by atoms with van der Waals surface area (Å²) in [6, 6.07) is 6.57. The van der Waals surface area contributed by atoms with Crippen LogP contribution in [0.25, 0.3) is 11.3 Å². The lowest BCUT2D eigenvalue weighted by Gasteiger charge is -2.38. The second-order valence-corrected chi connectivity index (χ2v) is 9.33. The number of phenols is 1. The van der Waals surface area contributed by atoms with Gasteiger partial charge in [-0.2, -0.15) is 4.98 Å². The van der Waals surface area contributed by atoms with Crippen LogP contribution in [0.4, 0.5) is 16.2 Å². The number of halogens is 2. The van der Waals surface area contributed by atoms with E-state index >= 15 is 0 Å². The number of rotatable bonds is 6. The lowest BCUT2D eigenvalue weighted by Crippen LogP contribution is -2.46. The molecule has 1 unspecified atom stereocenters. The predicted molar refractivity (Wildman–Crippen MR) is 152 cm³/mol. The van der Waals surface area contributed by atoms with Crippen molar-refractivity contribution in [3.05, 3.63) is 53.1 Å². The van der Waals surface area contributed by atoms with Gasteiger partial charge >= 0.3 is 0 Å². The van der Waals surface area contributed by atoms with E-state index in [0.29, 0.717) is 47.2 Å². The average molecular weight is 529 g/mol. The van der Waals surface area contributed by atoms with E-state index in [2.05, 4.69) is 33.3 Å². The van der Waals surface area contributed by atoms with Crippen molar-refractivity contribution in [3.63, 3.8) is 0 Å². The minimum atomic E-state index is -0.653. The monoisotopic (exact) mass is 528 g/mol. The highest BCUT2D eigenvalue weighted by molar-refractivity contribution is 6.31. The Balaban J connectivity index is 0.00000186. The van der Waals surface area contributed by atoms with Gasteiger partial charge in [-0.15, -0.1) is 0 Å². The van der Waals surface area contributed by atoms with Crippen molar-refractivity contribution < 1.29 is 9.50 Å². The minimum absolute atomic E-state index is 0.338. The molecule has 1 aromatic heterocycles. The highest BCUT2D eigenvalue weighted by atomic mass is 35.5. The molecular formula is C28H38ClFN6O. The fraction of sp³-hybridized carbons (Fsp3) is 0.464. The number of phenolic OH excluding ortho intramolecular Hbond substituents is 1. The summed E-state index contributed by atoms with van der Waals surface area (Å²) in [6.07, 6.45) is 7.08. The number of aromatic nitrogens is 2. The standard InChI is InChI=1S/C26H32ClFN6O.C2H6/c1-4-7-20(27)25(29-3)33-14-12-32(13-15-33)24-17-22(19-9-10-21(28)23(35)16-19)30-26(31-24)34-11-6-5-8-18(34)2;1-2/h4,7,9-10,16-18,35H,3,5-6,8,11-15H2,1-2H3;1-2H3/b7-4-,25-20-;. The van der Waals surface area contributed by atoms with Gasteiger partial charge in [0.25, 0.3) is 0 Å². The molecule has 2 aliphatic rings. The van der Waals surface area contributed by atoms with Crippen molar-refractivity contribution in [2.24, 2.45) is 4.99 Å². The molecule has 2 aromatic rings. The molecule has 0 aliphatic carbocycles. The Bertz CT molecular complexity index is 1130. The molecule has 1 atom stereocenters. The number of nitrogens with zero attached hydrogens (tertiary/aromatic N) is 6. The molecule has 0 saturated carbocycles. The van der Waals surface area contributed by atoms with E-state index in [9.17, 15) is 9.50 Å². The van der Waals surface area contributed by atoms with Gasteiger partial charge in [-0.05, 0) is 64.1 Å². The maximum absolute atomic E-state index is 13.7. The van der Waals surface area contributed by atoms with Crippen LogP contribution in [-0.4, -0.2) is 65.5 Å². The van der Waals surface area contributed by atoms with Crippen molar-refractivity contribution in [2.75, 3.05) is 42.5 Å². The van der Waals surface area contributed by atoms with Crippen LogP contribution >= 0.6 is 11.6 Å². The van der Waals surface area contributed by atoms with Gasteiger partial charge in [0.2, 0.25) is 5.95 Å². The molecule has 0 radical (unpaired) electrons. The summed E-state index contributed by atoms with van der Waals surface area (Å²) in [4.78, 5) is 20.5. The number of allylic oxidation sites excluding steroid dienone is 3. The Kier molecular flexibility index (Phi) is 10.3. The van der Waals surface area contributed by atoms with Gasteiger partial charge in [-0.25, -0.2) is 14.4 Å². The van der Waals surface area contributed by atoms with Crippen LogP contribution in [0.3, 0.4) is 0 Å². The molecule has 4 rings (SSSR count). The van der Waals surface area contributed by atoms with Crippen LogP contribution in [0.2, 0.25) is 0 Å². The average Bonchev–Trinajstić information content (AvgIpc) is 2.92. The van der Waals surface area contributed by atoms with Gasteiger partial charge in [0.15, 0.2) is 11.6 Å². The molecule has 2 aliphatic heterocycles. The van der Waals surface area contributed by atoms with Crippen LogP contribution in [0, 0.1) is 5.82 Å². The highest BCUT2D eigenvalue weighted by Gasteiger charge is 2.25. The molecule has 3 heterocycles. The molecule has 0 amide bonds. The van der Waals surface area contributed by atoms with Gasteiger partial charge in [0.1, 0.15) is 11.6 Å². The second kappa shape index (κ2) is 13.4. The first-order valence-electron chi connectivity index (χ1n) is 13.0. The number of aromatic hydroxyl groups is 1. The molecule has 1 N–H and O–H groups in total. The first-order chi connectivity index (χ1) is 17.9. The van der Waals surface area contributed by atoms with Gasteiger partial charge in [0.05, 0.1) is 10.7 Å². The maximum Gasteiger partial charge on any atom is 0.228 e. The molecule has 37 heavy (non-hydrogen) atoms. The Morgan fingerprint density at radius 1 is 1.14 bits per heavy atom. The van der Waals surface area contributed by atoms with Gasteiger partial charge in [0, 0.05) is 50.4 Å². The summed E-state index contributed by atoms with van der Waals surface area (Å²) < 4.78 is 13.7. The number of hydrogen-bond donors (Lipinski definition) is 1. The summed E-state index contributed by atoms with van der Waals surface area (Å²) in [5.74, 6) is 1.11. The van der Waals surface area contributed by atoms with Crippen molar-refractivity contribution >= 4 is 30.1 Å². The highest BCUT2D eigenvalue weighted by Crippen LogP contribution is 2.31. The normalized spacial score (nSPS) is 18.9. The fourth-order valence-electron chi connectivity index (χ4n) is 4.62. The number of piperazine rings is 1. The van der Waals surface area contributed by atoms with Crippen molar-refractivity contribution in [2.45, 2.75) is 53.0 Å². The maximum atomic E-state index is 13.7. The van der Waals surface area contributed by atoms with E-state index in [1.54, 1.807) is 6.07 Å². The predicted octanol–water partition coefficient (Wildman–Crippen LogP) is 6.20. The number of piperidine rings is 1. The van der Waals surface area contributed by atoms with Crippen LogP contribution in [0.15, 0.2) is 52.3 Å². The quantitative estimate of drug-likeness (QED) is 0.355. The molecule has 2 fully saturated rings. The van der Waals surface area contributed by atoms with Crippen LogP contribution in [0.1, 0.15) is 47.0 Å². The van der Waals surface area contributed by atoms with Crippen molar-refractivity contribution in [1.82, 2.24) is 14.9 Å². The molecule has 0 spiro atoms. The topological polar surface area (TPSA) is 68.1 Å². The van der Waals surface area contributed by atoms with Crippen molar-refractivity contribution in [3.8, 4) is 17.0 Å². The lowest BCUT2D eigenvalue weighted by molar-refractivity contribution is 0.317. The lowest BCUT2D eigenvalue weighted by atomic mass is 10.0.